The lowest BCUT2D eigenvalue weighted by molar-refractivity contribution is -0.146. The van der Waals surface area contributed by atoms with Crippen LogP contribution < -0.4 is 5.73 Å². The maximum Gasteiger partial charge on any atom is 0.252 e. The van der Waals surface area contributed by atoms with Crippen molar-refractivity contribution in [2.45, 2.75) is 63.3 Å². The minimum Gasteiger partial charge on any atom is -0.364 e. The average molecular weight is 338 g/mol. The summed E-state index contributed by atoms with van der Waals surface area (Å²) in [6.45, 7) is 0.338. The molecule has 2 aliphatic rings. The molecule has 4 nitrogen and oxygen atoms in total. The third-order valence-corrected chi connectivity index (χ3v) is 5.08. The number of ether oxygens (including phenoxy) is 1. The van der Waals surface area contributed by atoms with E-state index < -0.39 is 17.7 Å². The van der Waals surface area contributed by atoms with Gasteiger partial charge in [0, 0.05) is 18.2 Å². The number of hydrogen-bond donors (Lipinski definition) is 1. The summed E-state index contributed by atoms with van der Waals surface area (Å²) in [5, 5.41) is 0. The summed E-state index contributed by atoms with van der Waals surface area (Å²) in [6, 6.07) is 3.82. The summed E-state index contributed by atoms with van der Waals surface area (Å²) in [6.07, 6.45) is 4.52. The Bertz CT molecular complexity index is 570. The van der Waals surface area contributed by atoms with Crippen LogP contribution in [0.15, 0.2) is 18.2 Å². The lowest BCUT2D eigenvalue weighted by Crippen LogP contribution is -2.44. The smallest absolute Gasteiger partial charge is 0.252 e. The van der Waals surface area contributed by atoms with E-state index in [1.54, 1.807) is 4.90 Å². The van der Waals surface area contributed by atoms with Crippen LogP contribution in [-0.4, -0.2) is 35.6 Å². The van der Waals surface area contributed by atoms with Gasteiger partial charge in [-0.1, -0.05) is 18.9 Å². The number of benzene rings is 1. The molecule has 2 fully saturated rings. The second kappa shape index (κ2) is 7.57. The molecule has 1 amide bonds. The predicted molar refractivity (Wildman–Crippen MR) is 86.1 cm³/mol. The third-order valence-electron chi connectivity index (χ3n) is 5.08. The molecule has 1 aliphatic carbocycles. The number of halogens is 2. The average Bonchev–Trinajstić information content (AvgIpc) is 3.25. The highest BCUT2D eigenvalue weighted by atomic mass is 19.1. The van der Waals surface area contributed by atoms with Crippen molar-refractivity contribution in [1.29, 1.82) is 0 Å². The summed E-state index contributed by atoms with van der Waals surface area (Å²) in [5.74, 6) is -1.39. The van der Waals surface area contributed by atoms with Crippen molar-refractivity contribution in [3.63, 3.8) is 0 Å². The van der Waals surface area contributed by atoms with Crippen LogP contribution in [0.5, 0.6) is 0 Å². The van der Waals surface area contributed by atoms with Crippen molar-refractivity contribution < 1.29 is 18.3 Å². The first-order valence-electron chi connectivity index (χ1n) is 8.69. The maximum absolute atomic E-state index is 14.0. The molecule has 0 unspecified atom stereocenters. The van der Waals surface area contributed by atoms with Crippen LogP contribution in [0.25, 0.3) is 0 Å². The van der Waals surface area contributed by atoms with E-state index in [4.69, 9.17) is 10.5 Å². The molecule has 6 heteroatoms. The Labute approximate surface area is 141 Å². The molecule has 0 bridgehead atoms. The van der Waals surface area contributed by atoms with Crippen molar-refractivity contribution in [2.24, 2.45) is 5.73 Å². The minimum atomic E-state index is -0.613. The van der Waals surface area contributed by atoms with E-state index in [9.17, 15) is 13.6 Å². The van der Waals surface area contributed by atoms with Crippen LogP contribution in [0.2, 0.25) is 0 Å². The molecule has 2 N–H and O–H groups in total. The van der Waals surface area contributed by atoms with Crippen molar-refractivity contribution in [1.82, 2.24) is 4.90 Å². The number of rotatable bonds is 5. The van der Waals surface area contributed by atoms with E-state index in [-0.39, 0.29) is 30.2 Å². The number of hydrogen-bond acceptors (Lipinski definition) is 3. The zero-order valence-corrected chi connectivity index (χ0v) is 13.7. The van der Waals surface area contributed by atoms with Gasteiger partial charge in [-0.3, -0.25) is 4.79 Å². The highest BCUT2D eigenvalue weighted by Gasteiger charge is 2.37. The van der Waals surface area contributed by atoms with Gasteiger partial charge in [0.25, 0.3) is 5.91 Å². The van der Waals surface area contributed by atoms with Crippen molar-refractivity contribution >= 4 is 5.91 Å². The molecular weight excluding hydrogens is 314 g/mol. The molecule has 1 aromatic carbocycles. The molecule has 132 valence electrons. The van der Waals surface area contributed by atoms with E-state index in [0.717, 1.165) is 32.1 Å². The van der Waals surface area contributed by atoms with Gasteiger partial charge in [-0.05, 0) is 37.8 Å². The van der Waals surface area contributed by atoms with Crippen LogP contribution in [0, 0.1) is 11.6 Å². The molecule has 0 radical (unpaired) electrons. The molecule has 1 aliphatic heterocycles. The molecule has 1 saturated heterocycles. The van der Waals surface area contributed by atoms with Gasteiger partial charge >= 0.3 is 0 Å². The molecular formula is C18H24F2N2O2. The summed E-state index contributed by atoms with van der Waals surface area (Å²) >= 11 is 0. The van der Waals surface area contributed by atoms with Crippen molar-refractivity contribution in [2.75, 3.05) is 6.54 Å². The summed E-state index contributed by atoms with van der Waals surface area (Å²) in [7, 11) is 0. The van der Waals surface area contributed by atoms with Gasteiger partial charge in [0.15, 0.2) is 0 Å². The Hall–Kier alpha value is -1.53. The van der Waals surface area contributed by atoms with E-state index in [0.29, 0.717) is 13.0 Å². The molecule has 24 heavy (non-hydrogen) atoms. The highest BCUT2D eigenvalue weighted by Crippen LogP contribution is 2.29. The number of nitrogens with zero attached hydrogens (tertiary/aromatic N) is 1. The number of amides is 1. The fourth-order valence-electron chi connectivity index (χ4n) is 3.70. The Morgan fingerprint density at radius 2 is 1.83 bits per heavy atom. The lowest BCUT2D eigenvalue weighted by Gasteiger charge is -2.31. The standard InChI is InChI=1S/C18H24F2N2O2/c19-15-6-3-7-16(20)14(15)11-22(12-4-1-2-5-12)18(23)17-9-8-13(10-21)24-17/h3,6-7,12-13,17H,1-2,4-5,8-11,21H2/t13-,17+/m1/s1. The van der Waals surface area contributed by atoms with Gasteiger partial charge in [-0.15, -0.1) is 0 Å². The van der Waals surface area contributed by atoms with Crippen LogP contribution in [0.1, 0.15) is 44.1 Å². The Kier molecular flexibility index (Phi) is 5.46. The second-order valence-electron chi connectivity index (χ2n) is 6.66. The Morgan fingerprint density at radius 3 is 2.42 bits per heavy atom. The first kappa shape index (κ1) is 17.3. The predicted octanol–water partition coefficient (Wildman–Crippen LogP) is 2.74. The molecule has 0 spiro atoms. The Balaban J connectivity index is 1.80. The summed E-state index contributed by atoms with van der Waals surface area (Å²) in [5.41, 5.74) is 5.56. The molecule has 0 aromatic heterocycles. The second-order valence-corrected chi connectivity index (χ2v) is 6.66. The van der Waals surface area contributed by atoms with Gasteiger partial charge in [0.05, 0.1) is 12.6 Å². The number of carbonyl (C=O) groups is 1. The summed E-state index contributed by atoms with van der Waals surface area (Å²) in [4.78, 5) is 14.6. The first-order chi connectivity index (χ1) is 11.6. The van der Waals surface area contributed by atoms with Gasteiger partial charge < -0.3 is 15.4 Å². The monoisotopic (exact) mass is 338 g/mol. The van der Waals surface area contributed by atoms with Crippen molar-refractivity contribution in [3.05, 3.63) is 35.4 Å². The van der Waals surface area contributed by atoms with Crippen LogP contribution in [-0.2, 0) is 16.1 Å². The van der Waals surface area contributed by atoms with Crippen LogP contribution >= 0.6 is 0 Å². The van der Waals surface area contributed by atoms with Gasteiger partial charge in [0.1, 0.15) is 17.7 Å². The molecule has 3 rings (SSSR count). The molecule has 1 saturated carbocycles. The van der Waals surface area contributed by atoms with E-state index in [2.05, 4.69) is 0 Å². The van der Waals surface area contributed by atoms with Gasteiger partial charge in [-0.2, -0.15) is 0 Å². The zero-order chi connectivity index (χ0) is 17.1. The largest absolute Gasteiger partial charge is 0.364 e. The number of nitrogens with two attached hydrogens (primary N) is 1. The van der Waals surface area contributed by atoms with Gasteiger partial charge in [-0.25, -0.2) is 8.78 Å². The third kappa shape index (κ3) is 3.59. The maximum atomic E-state index is 14.0. The zero-order valence-electron chi connectivity index (χ0n) is 13.7. The Morgan fingerprint density at radius 1 is 1.17 bits per heavy atom. The lowest BCUT2D eigenvalue weighted by atomic mass is 10.1. The number of carbonyl (C=O) groups excluding carboxylic acids is 1. The normalized spacial score (nSPS) is 24.5. The highest BCUT2D eigenvalue weighted by molar-refractivity contribution is 5.81. The quantitative estimate of drug-likeness (QED) is 0.898. The van der Waals surface area contributed by atoms with Crippen LogP contribution in [0.4, 0.5) is 8.78 Å². The SMILES string of the molecule is NC[C@H]1CC[C@@H](C(=O)N(Cc2c(F)cccc2F)C2CCCC2)O1. The topological polar surface area (TPSA) is 55.6 Å². The molecule has 1 aromatic rings. The first-order valence-corrected chi connectivity index (χ1v) is 8.69. The van der Waals surface area contributed by atoms with E-state index >= 15 is 0 Å². The van der Waals surface area contributed by atoms with Gasteiger partial charge in [0.2, 0.25) is 0 Å². The van der Waals surface area contributed by atoms with E-state index in [1.165, 1.54) is 18.2 Å². The fraction of sp³-hybridized carbons (Fsp3) is 0.611. The fourth-order valence-corrected chi connectivity index (χ4v) is 3.70. The minimum absolute atomic E-state index is 0.0250. The van der Waals surface area contributed by atoms with Crippen LogP contribution in [0.3, 0.4) is 0 Å². The van der Waals surface area contributed by atoms with E-state index in [1.807, 2.05) is 0 Å². The molecule has 1 heterocycles. The molecule has 2 atom stereocenters. The van der Waals surface area contributed by atoms with Crippen molar-refractivity contribution in [3.8, 4) is 0 Å². The summed E-state index contributed by atoms with van der Waals surface area (Å²) < 4.78 is 33.8.